The Labute approximate surface area is 241 Å². The summed E-state index contributed by atoms with van der Waals surface area (Å²) in [6.45, 7) is 0. The first-order chi connectivity index (χ1) is 20.8. The highest BCUT2D eigenvalue weighted by molar-refractivity contribution is 6.10. The summed E-state index contributed by atoms with van der Waals surface area (Å²) in [6, 6.07) is 42.6. The molecule has 0 radical (unpaired) electrons. The lowest BCUT2D eigenvalue weighted by molar-refractivity contribution is 1.37. The molecule has 9 aromatic rings. The molecule has 4 heterocycles. The minimum Gasteiger partial charge on any atom is -0.254 e. The number of rotatable bonds is 2. The van der Waals surface area contributed by atoms with Crippen molar-refractivity contribution >= 4 is 65.2 Å². The fourth-order valence-corrected chi connectivity index (χ4v) is 6.25. The number of aromatic nitrogens is 4. The summed E-state index contributed by atoms with van der Waals surface area (Å²) in [4.78, 5) is 19.6. The molecule has 0 amide bonds. The van der Waals surface area contributed by atoms with Crippen molar-refractivity contribution in [1.82, 2.24) is 19.9 Å². The molecule has 4 heteroatoms. The SMILES string of the molecule is c1cc(-c2ccc3ccc4cccnc4c3n2)c2cc3cccc(-c4ccc5ccc6cccnc6c5n4)c3cc2c1. The second-order valence-electron chi connectivity index (χ2n) is 10.7. The van der Waals surface area contributed by atoms with Crippen molar-refractivity contribution in [1.29, 1.82) is 0 Å². The van der Waals surface area contributed by atoms with Crippen LogP contribution in [0.25, 0.3) is 87.7 Å². The Balaban J connectivity index is 1.24. The summed E-state index contributed by atoms with van der Waals surface area (Å²) in [5.41, 5.74) is 7.81. The van der Waals surface area contributed by atoms with Gasteiger partial charge in [0.25, 0.3) is 0 Å². The number of pyridine rings is 4. The van der Waals surface area contributed by atoms with E-state index in [-0.39, 0.29) is 0 Å². The van der Waals surface area contributed by atoms with Crippen LogP contribution in [-0.4, -0.2) is 19.9 Å². The van der Waals surface area contributed by atoms with Gasteiger partial charge in [0.15, 0.2) is 0 Å². The fraction of sp³-hybridized carbons (Fsp3) is 0. The molecule has 0 aliphatic carbocycles. The summed E-state index contributed by atoms with van der Waals surface area (Å²) in [5.74, 6) is 0. The van der Waals surface area contributed by atoms with Gasteiger partial charge in [-0.1, -0.05) is 84.9 Å². The Morgan fingerprint density at radius 2 is 0.738 bits per heavy atom. The number of hydrogen-bond acceptors (Lipinski definition) is 4. The van der Waals surface area contributed by atoms with Crippen LogP contribution in [0.2, 0.25) is 0 Å². The Morgan fingerprint density at radius 3 is 1.21 bits per heavy atom. The van der Waals surface area contributed by atoms with E-state index < -0.39 is 0 Å². The van der Waals surface area contributed by atoms with Gasteiger partial charge in [0.2, 0.25) is 0 Å². The first-order valence-corrected chi connectivity index (χ1v) is 14.1. The molecule has 0 bridgehead atoms. The third kappa shape index (κ3) is 3.49. The Kier molecular flexibility index (Phi) is 4.87. The second kappa shape index (κ2) is 8.88. The first kappa shape index (κ1) is 23.0. The van der Waals surface area contributed by atoms with E-state index in [0.29, 0.717) is 0 Å². The van der Waals surface area contributed by atoms with Gasteiger partial charge in [-0.15, -0.1) is 0 Å². The first-order valence-electron chi connectivity index (χ1n) is 14.1. The molecule has 5 aromatic carbocycles. The van der Waals surface area contributed by atoms with Gasteiger partial charge in [0, 0.05) is 45.1 Å². The molecule has 194 valence electrons. The van der Waals surface area contributed by atoms with Crippen LogP contribution in [0.5, 0.6) is 0 Å². The Hall–Kier alpha value is -5.74. The monoisotopic (exact) mass is 534 g/mol. The van der Waals surface area contributed by atoms with Crippen LogP contribution in [0, 0.1) is 0 Å². The summed E-state index contributed by atoms with van der Waals surface area (Å²) >= 11 is 0. The molecular formula is C38H22N4. The van der Waals surface area contributed by atoms with Crippen molar-refractivity contribution in [2.75, 3.05) is 0 Å². The highest BCUT2D eigenvalue weighted by atomic mass is 14.8. The molecule has 0 N–H and O–H groups in total. The molecule has 0 fully saturated rings. The molecule has 9 rings (SSSR count). The number of nitrogens with zero attached hydrogens (tertiary/aromatic N) is 4. The molecule has 0 saturated carbocycles. The second-order valence-corrected chi connectivity index (χ2v) is 10.7. The van der Waals surface area contributed by atoms with Crippen LogP contribution in [-0.2, 0) is 0 Å². The number of hydrogen-bond donors (Lipinski definition) is 0. The van der Waals surface area contributed by atoms with Crippen molar-refractivity contribution < 1.29 is 0 Å². The van der Waals surface area contributed by atoms with Gasteiger partial charge in [0.1, 0.15) is 0 Å². The van der Waals surface area contributed by atoms with Crippen molar-refractivity contribution in [3.05, 3.63) is 134 Å². The van der Waals surface area contributed by atoms with Gasteiger partial charge in [-0.25, -0.2) is 9.97 Å². The fourth-order valence-electron chi connectivity index (χ4n) is 6.25. The lowest BCUT2D eigenvalue weighted by Crippen LogP contribution is -1.91. The highest BCUT2D eigenvalue weighted by Crippen LogP contribution is 2.36. The van der Waals surface area contributed by atoms with Gasteiger partial charge >= 0.3 is 0 Å². The number of benzene rings is 5. The average Bonchev–Trinajstić information content (AvgIpc) is 3.06. The van der Waals surface area contributed by atoms with Crippen LogP contribution >= 0.6 is 0 Å². The molecule has 0 aliphatic rings. The summed E-state index contributed by atoms with van der Waals surface area (Å²) in [5, 5.41) is 9.04. The maximum atomic E-state index is 5.14. The largest absolute Gasteiger partial charge is 0.254 e. The Bertz CT molecular complexity index is 2360. The predicted molar refractivity (Wildman–Crippen MR) is 174 cm³/mol. The molecule has 0 spiro atoms. The maximum absolute atomic E-state index is 5.14. The maximum Gasteiger partial charge on any atom is 0.0972 e. The van der Waals surface area contributed by atoms with Crippen LogP contribution < -0.4 is 0 Å². The van der Waals surface area contributed by atoms with Crippen LogP contribution in [0.15, 0.2) is 134 Å². The zero-order chi connectivity index (χ0) is 27.6. The van der Waals surface area contributed by atoms with Crippen molar-refractivity contribution in [3.8, 4) is 22.5 Å². The standard InChI is InChI=1S/C38H22N4/c1-5-27-21-32-28(6-2-10-30(32)34-18-16-26-14-12-24-8-4-20-40-36(24)38(26)42-34)22-31(27)29(9-1)33-17-15-25-13-11-23-7-3-19-39-35(23)37(25)41-33/h1-22H. The highest BCUT2D eigenvalue weighted by Gasteiger charge is 2.13. The summed E-state index contributed by atoms with van der Waals surface area (Å²) < 4.78 is 0. The van der Waals surface area contributed by atoms with Gasteiger partial charge < -0.3 is 0 Å². The van der Waals surface area contributed by atoms with Gasteiger partial charge in [-0.05, 0) is 57.9 Å². The van der Waals surface area contributed by atoms with E-state index in [0.717, 1.165) is 66.1 Å². The number of fused-ring (bicyclic) bond motifs is 8. The predicted octanol–water partition coefficient (Wildman–Crippen LogP) is 9.52. The van der Waals surface area contributed by atoms with Crippen molar-refractivity contribution in [2.24, 2.45) is 0 Å². The third-order valence-electron chi connectivity index (χ3n) is 8.30. The molecular weight excluding hydrogens is 512 g/mol. The minimum absolute atomic E-state index is 0.926. The van der Waals surface area contributed by atoms with Crippen molar-refractivity contribution in [3.63, 3.8) is 0 Å². The lowest BCUT2D eigenvalue weighted by Gasteiger charge is -2.12. The minimum atomic E-state index is 0.926. The molecule has 0 atom stereocenters. The molecule has 4 nitrogen and oxygen atoms in total. The van der Waals surface area contributed by atoms with Crippen LogP contribution in [0.1, 0.15) is 0 Å². The lowest BCUT2D eigenvalue weighted by atomic mass is 9.94. The van der Waals surface area contributed by atoms with E-state index in [1.54, 1.807) is 0 Å². The Morgan fingerprint density at radius 1 is 0.333 bits per heavy atom. The average molecular weight is 535 g/mol. The molecule has 42 heavy (non-hydrogen) atoms. The zero-order valence-corrected chi connectivity index (χ0v) is 22.5. The van der Waals surface area contributed by atoms with Gasteiger partial charge in [0.05, 0.1) is 33.5 Å². The summed E-state index contributed by atoms with van der Waals surface area (Å²) in [7, 11) is 0. The summed E-state index contributed by atoms with van der Waals surface area (Å²) in [6.07, 6.45) is 3.67. The normalized spacial score (nSPS) is 11.8. The van der Waals surface area contributed by atoms with E-state index in [2.05, 4.69) is 119 Å². The van der Waals surface area contributed by atoms with E-state index in [1.807, 2.05) is 24.5 Å². The molecule has 0 aliphatic heterocycles. The van der Waals surface area contributed by atoms with E-state index in [4.69, 9.17) is 9.97 Å². The van der Waals surface area contributed by atoms with Crippen LogP contribution in [0.3, 0.4) is 0 Å². The molecule has 4 aromatic heterocycles. The van der Waals surface area contributed by atoms with E-state index >= 15 is 0 Å². The topological polar surface area (TPSA) is 51.6 Å². The molecule has 0 unspecified atom stereocenters. The van der Waals surface area contributed by atoms with Crippen LogP contribution in [0.4, 0.5) is 0 Å². The van der Waals surface area contributed by atoms with E-state index in [9.17, 15) is 0 Å². The van der Waals surface area contributed by atoms with E-state index in [1.165, 1.54) is 21.5 Å². The quantitative estimate of drug-likeness (QED) is 0.164. The third-order valence-corrected chi connectivity index (χ3v) is 8.30. The smallest absolute Gasteiger partial charge is 0.0972 e. The van der Waals surface area contributed by atoms with Gasteiger partial charge in [-0.3, -0.25) is 9.97 Å². The zero-order valence-electron chi connectivity index (χ0n) is 22.5. The van der Waals surface area contributed by atoms with Gasteiger partial charge in [-0.2, -0.15) is 0 Å². The molecule has 0 saturated heterocycles. The van der Waals surface area contributed by atoms with Crippen molar-refractivity contribution in [2.45, 2.75) is 0 Å².